The molecular formula is C15H10F2N2S. The van der Waals surface area contributed by atoms with Crippen molar-refractivity contribution in [2.75, 3.05) is 5.73 Å². The predicted molar refractivity (Wildman–Crippen MR) is 77.3 cm³/mol. The van der Waals surface area contributed by atoms with Crippen LogP contribution in [0.5, 0.6) is 0 Å². The van der Waals surface area contributed by atoms with Gasteiger partial charge in [-0.1, -0.05) is 18.2 Å². The average molecular weight is 288 g/mol. The zero-order valence-corrected chi connectivity index (χ0v) is 11.1. The van der Waals surface area contributed by atoms with E-state index in [1.54, 1.807) is 17.5 Å². The molecule has 2 nitrogen and oxygen atoms in total. The van der Waals surface area contributed by atoms with E-state index in [1.807, 2.05) is 12.1 Å². The second kappa shape index (κ2) is 5.02. The van der Waals surface area contributed by atoms with Crippen molar-refractivity contribution in [1.29, 1.82) is 0 Å². The van der Waals surface area contributed by atoms with Crippen LogP contribution >= 0.6 is 11.3 Å². The van der Waals surface area contributed by atoms with Gasteiger partial charge < -0.3 is 5.73 Å². The maximum Gasteiger partial charge on any atom is 0.135 e. The SMILES string of the molecule is Nc1cccc(-c2nc(-c3c(F)cccc3F)cs2)c1. The molecule has 0 aliphatic heterocycles. The third-order valence-electron chi connectivity index (χ3n) is 2.86. The van der Waals surface area contributed by atoms with Crippen molar-refractivity contribution < 1.29 is 8.78 Å². The summed E-state index contributed by atoms with van der Waals surface area (Å²) in [5.41, 5.74) is 7.37. The van der Waals surface area contributed by atoms with Gasteiger partial charge in [0.2, 0.25) is 0 Å². The van der Waals surface area contributed by atoms with Crippen LogP contribution in [-0.2, 0) is 0 Å². The highest BCUT2D eigenvalue weighted by Gasteiger charge is 2.14. The van der Waals surface area contributed by atoms with Gasteiger partial charge in [0.15, 0.2) is 0 Å². The summed E-state index contributed by atoms with van der Waals surface area (Å²) in [6.45, 7) is 0. The molecule has 100 valence electrons. The Morgan fingerprint density at radius 1 is 1.00 bits per heavy atom. The van der Waals surface area contributed by atoms with Crippen LogP contribution in [0, 0.1) is 11.6 Å². The summed E-state index contributed by atoms with van der Waals surface area (Å²) < 4.78 is 27.4. The molecule has 5 heteroatoms. The fourth-order valence-electron chi connectivity index (χ4n) is 1.94. The van der Waals surface area contributed by atoms with Gasteiger partial charge in [-0.05, 0) is 24.3 Å². The second-order valence-electron chi connectivity index (χ2n) is 4.26. The first-order valence-corrected chi connectivity index (χ1v) is 6.79. The minimum atomic E-state index is -0.616. The monoisotopic (exact) mass is 288 g/mol. The summed E-state index contributed by atoms with van der Waals surface area (Å²) in [6, 6.07) is 11.0. The molecule has 0 bridgehead atoms. The van der Waals surface area contributed by atoms with E-state index in [-0.39, 0.29) is 5.56 Å². The number of halogens is 2. The minimum Gasteiger partial charge on any atom is -0.399 e. The highest BCUT2D eigenvalue weighted by Crippen LogP contribution is 2.32. The molecule has 1 aromatic heterocycles. The molecule has 2 N–H and O–H groups in total. The second-order valence-corrected chi connectivity index (χ2v) is 5.12. The van der Waals surface area contributed by atoms with Gasteiger partial charge in [0.05, 0.1) is 11.3 Å². The van der Waals surface area contributed by atoms with Crippen LogP contribution in [0.4, 0.5) is 14.5 Å². The standard InChI is InChI=1S/C15H10F2N2S/c16-11-5-2-6-12(17)14(11)13-8-20-15(19-13)9-3-1-4-10(18)7-9/h1-8H,18H2. The van der Waals surface area contributed by atoms with Gasteiger partial charge in [0.1, 0.15) is 16.6 Å². The molecule has 0 spiro atoms. The smallest absolute Gasteiger partial charge is 0.135 e. The van der Waals surface area contributed by atoms with E-state index in [1.165, 1.54) is 29.5 Å². The van der Waals surface area contributed by atoms with Gasteiger partial charge in [-0.2, -0.15) is 0 Å². The molecular weight excluding hydrogens is 278 g/mol. The third kappa shape index (κ3) is 2.28. The van der Waals surface area contributed by atoms with E-state index in [2.05, 4.69) is 4.98 Å². The van der Waals surface area contributed by atoms with Gasteiger partial charge in [0, 0.05) is 16.6 Å². The van der Waals surface area contributed by atoms with Crippen LogP contribution in [-0.4, -0.2) is 4.98 Å². The molecule has 0 fully saturated rings. The van der Waals surface area contributed by atoms with Gasteiger partial charge >= 0.3 is 0 Å². The fraction of sp³-hybridized carbons (Fsp3) is 0. The molecule has 1 heterocycles. The van der Waals surface area contributed by atoms with Crippen LogP contribution in [0.2, 0.25) is 0 Å². The van der Waals surface area contributed by atoms with E-state index in [4.69, 9.17) is 5.73 Å². The predicted octanol–water partition coefficient (Wildman–Crippen LogP) is 4.34. The Bertz CT molecular complexity index is 748. The molecule has 20 heavy (non-hydrogen) atoms. The molecule has 0 saturated heterocycles. The summed E-state index contributed by atoms with van der Waals surface area (Å²) in [7, 11) is 0. The first kappa shape index (κ1) is 12.7. The van der Waals surface area contributed by atoms with Crippen molar-refractivity contribution in [3.63, 3.8) is 0 Å². The van der Waals surface area contributed by atoms with Crippen LogP contribution in [0.1, 0.15) is 0 Å². The lowest BCUT2D eigenvalue weighted by Gasteiger charge is -2.01. The molecule has 2 aromatic carbocycles. The average Bonchev–Trinajstić information content (AvgIpc) is 2.88. The van der Waals surface area contributed by atoms with E-state index < -0.39 is 11.6 Å². The first-order chi connectivity index (χ1) is 9.65. The molecule has 0 unspecified atom stereocenters. The third-order valence-corrected chi connectivity index (χ3v) is 3.75. The minimum absolute atomic E-state index is 0.0982. The quantitative estimate of drug-likeness (QED) is 0.712. The molecule has 0 saturated carbocycles. The van der Waals surface area contributed by atoms with Crippen molar-refractivity contribution >= 4 is 17.0 Å². The number of hydrogen-bond donors (Lipinski definition) is 1. The molecule has 0 aliphatic carbocycles. The zero-order valence-electron chi connectivity index (χ0n) is 10.3. The molecule has 3 aromatic rings. The highest BCUT2D eigenvalue weighted by molar-refractivity contribution is 7.13. The fourth-order valence-corrected chi connectivity index (χ4v) is 2.74. The summed E-state index contributed by atoms with van der Waals surface area (Å²) in [4.78, 5) is 4.30. The maximum atomic E-state index is 13.7. The van der Waals surface area contributed by atoms with Gasteiger partial charge in [0.25, 0.3) is 0 Å². The number of nitrogens with two attached hydrogens (primary N) is 1. The van der Waals surface area contributed by atoms with Crippen LogP contribution in [0.3, 0.4) is 0 Å². The normalized spacial score (nSPS) is 10.7. The number of aromatic nitrogens is 1. The number of anilines is 1. The maximum absolute atomic E-state index is 13.7. The molecule has 0 atom stereocenters. The zero-order chi connectivity index (χ0) is 14.1. The number of nitrogens with zero attached hydrogens (tertiary/aromatic N) is 1. The van der Waals surface area contributed by atoms with Crippen molar-refractivity contribution in [1.82, 2.24) is 4.98 Å². The Kier molecular flexibility index (Phi) is 3.20. The van der Waals surface area contributed by atoms with E-state index in [9.17, 15) is 8.78 Å². The molecule has 0 radical (unpaired) electrons. The number of benzene rings is 2. The largest absolute Gasteiger partial charge is 0.399 e. The Hall–Kier alpha value is -2.27. The summed E-state index contributed by atoms with van der Waals surface area (Å²) in [5, 5.41) is 2.31. The summed E-state index contributed by atoms with van der Waals surface area (Å²) in [5.74, 6) is -1.23. The van der Waals surface area contributed by atoms with Gasteiger partial charge in [-0.3, -0.25) is 0 Å². The van der Waals surface area contributed by atoms with Crippen molar-refractivity contribution in [3.8, 4) is 21.8 Å². The van der Waals surface area contributed by atoms with Crippen molar-refractivity contribution in [3.05, 3.63) is 59.5 Å². The number of rotatable bonds is 2. The lowest BCUT2D eigenvalue weighted by atomic mass is 10.1. The van der Waals surface area contributed by atoms with Gasteiger partial charge in [-0.15, -0.1) is 11.3 Å². The highest BCUT2D eigenvalue weighted by atomic mass is 32.1. The van der Waals surface area contributed by atoms with E-state index in [0.717, 1.165) is 5.56 Å². The van der Waals surface area contributed by atoms with Crippen LogP contribution in [0.25, 0.3) is 21.8 Å². The van der Waals surface area contributed by atoms with Crippen molar-refractivity contribution in [2.24, 2.45) is 0 Å². The van der Waals surface area contributed by atoms with Crippen molar-refractivity contribution in [2.45, 2.75) is 0 Å². The Balaban J connectivity index is 2.07. The number of thiazole rings is 1. The Morgan fingerprint density at radius 3 is 2.40 bits per heavy atom. The van der Waals surface area contributed by atoms with E-state index in [0.29, 0.717) is 16.4 Å². The summed E-state index contributed by atoms with van der Waals surface area (Å²) in [6.07, 6.45) is 0. The topological polar surface area (TPSA) is 38.9 Å². The Labute approximate surface area is 118 Å². The molecule has 0 amide bonds. The molecule has 0 aliphatic rings. The number of nitrogen functional groups attached to an aromatic ring is 1. The lowest BCUT2D eigenvalue weighted by molar-refractivity contribution is 0.589. The molecule has 3 rings (SSSR count). The summed E-state index contributed by atoms with van der Waals surface area (Å²) >= 11 is 1.32. The van der Waals surface area contributed by atoms with Crippen LogP contribution in [0.15, 0.2) is 47.8 Å². The first-order valence-electron chi connectivity index (χ1n) is 5.91. The number of hydrogen-bond acceptors (Lipinski definition) is 3. The lowest BCUT2D eigenvalue weighted by Crippen LogP contribution is -1.90. The Morgan fingerprint density at radius 2 is 1.70 bits per heavy atom. The van der Waals surface area contributed by atoms with Gasteiger partial charge in [-0.25, -0.2) is 13.8 Å². The van der Waals surface area contributed by atoms with E-state index >= 15 is 0 Å². The van der Waals surface area contributed by atoms with Crippen LogP contribution < -0.4 is 5.73 Å².